The van der Waals surface area contributed by atoms with Crippen LogP contribution in [-0.4, -0.2) is 38.5 Å². The zero-order valence-electron chi connectivity index (χ0n) is 8.00. The molecule has 13 heavy (non-hydrogen) atoms. The van der Waals surface area contributed by atoms with E-state index in [0.29, 0.717) is 6.54 Å². The Morgan fingerprint density at radius 3 is 2.46 bits per heavy atom. The van der Waals surface area contributed by atoms with E-state index in [0.717, 1.165) is 12.8 Å². The number of methoxy groups -OCH3 is 2. The van der Waals surface area contributed by atoms with Crippen molar-refractivity contribution in [3.8, 4) is 0 Å². The Hall–Kier alpha value is -0.650. The molecule has 0 saturated heterocycles. The average molecular weight is 188 g/mol. The number of rotatable bonds is 5. The summed E-state index contributed by atoms with van der Waals surface area (Å²) in [5.41, 5.74) is 5.05. The van der Waals surface area contributed by atoms with Crippen LogP contribution in [0.3, 0.4) is 0 Å². The zero-order valence-corrected chi connectivity index (χ0v) is 8.00. The van der Waals surface area contributed by atoms with E-state index in [4.69, 9.17) is 15.2 Å². The molecular formula is C8H16N2O3. The molecule has 0 aromatic carbocycles. The van der Waals surface area contributed by atoms with Gasteiger partial charge in [0.05, 0.1) is 12.1 Å². The summed E-state index contributed by atoms with van der Waals surface area (Å²) in [5.74, 6) is -0.119. The third kappa shape index (κ3) is 2.65. The quantitative estimate of drug-likeness (QED) is 0.555. The average Bonchev–Trinajstić information content (AvgIpc) is 2.86. The van der Waals surface area contributed by atoms with Gasteiger partial charge in [0.2, 0.25) is 5.91 Å². The fraction of sp³-hybridized carbons (Fsp3) is 0.875. The maximum atomic E-state index is 11.3. The van der Waals surface area contributed by atoms with Gasteiger partial charge in [-0.15, -0.1) is 0 Å². The van der Waals surface area contributed by atoms with E-state index in [1.54, 1.807) is 0 Å². The topological polar surface area (TPSA) is 73.6 Å². The summed E-state index contributed by atoms with van der Waals surface area (Å²) in [6.07, 6.45) is 1.14. The molecule has 1 rings (SSSR count). The first-order valence-electron chi connectivity index (χ1n) is 4.25. The van der Waals surface area contributed by atoms with Crippen molar-refractivity contribution in [2.45, 2.75) is 24.7 Å². The lowest BCUT2D eigenvalue weighted by Crippen LogP contribution is -2.45. The molecule has 1 amide bonds. The number of carbonyl (C=O) groups excluding carboxylic acids is 1. The molecule has 5 heteroatoms. The van der Waals surface area contributed by atoms with Crippen molar-refractivity contribution < 1.29 is 14.3 Å². The standard InChI is InChI=1S/C8H16N2O3/c1-12-6(13-2)5-10-7(11)8(9)3-4-8/h6H,3-5,9H2,1-2H3,(H,10,11). The lowest BCUT2D eigenvalue weighted by atomic mass is 10.3. The summed E-state index contributed by atoms with van der Waals surface area (Å²) in [6, 6.07) is 0. The van der Waals surface area contributed by atoms with Gasteiger partial charge in [-0.1, -0.05) is 0 Å². The Morgan fingerprint density at radius 2 is 2.08 bits per heavy atom. The van der Waals surface area contributed by atoms with Crippen molar-refractivity contribution in [3.63, 3.8) is 0 Å². The first-order valence-corrected chi connectivity index (χ1v) is 4.25. The van der Waals surface area contributed by atoms with Crippen LogP contribution in [0.25, 0.3) is 0 Å². The Labute approximate surface area is 77.6 Å². The van der Waals surface area contributed by atoms with E-state index >= 15 is 0 Å². The third-order valence-corrected chi connectivity index (χ3v) is 2.20. The number of carbonyl (C=O) groups is 1. The molecule has 0 unspecified atom stereocenters. The van der Waals surface area contributed by atoms with E-state index in [9.17, 15) is 4.79 Å². The minimum atomic E-state index is -0.619. The van der Waals surface area contributed by atoms with Crippen LogP contribution < -0.4 is 11.1 Å². The second-order valence-corrected chi connectivity index (χ2v) is 3.27. The first-order chi connectivity index (χ1) is 6.12. The second-order valence-electron chi connectivity index (χ2n) is 3.27. The number of nitrogens with two attached hydrogens (primary N) is 1. The predicted molar refractivity (Wildman–Crippen MR) is 47.0 cm³/mol. The van der Waals surface area contributed by atoms with Gasteiger partial charge in [-0.25, -0.2) is 0 Å². The van der Waals surface area contributed by atoms with Crippen LogP contribution in [0.2, 0.25) is 0 Å². The fourth-order valence-electron chi connectivity index (χ4n) is 0.977. The summed E-state index contributed by atoms with van der Waals surface area (Å²) in [7, 11) is 3.05. The van der Waals surface area contributed by atoms with Crippen LogP contribution in [0.5, 0.6) is 0 Å². The third-order valence-electron chi connectivity index (χ3n) is 2.20. The summed E-state index contributed by atoms with van der Waals surface area (Å²) in [6.45, 7) is 0.338. The van der Waals surface area contributed by atoms with Crippen molar-refractivity contribution in [1.29, 1.82) is 0 Å². The maximum absolute atomic E-state index is 11.3. The molecule has 1 saturated carbocycles. The zero-order chi connectivity index (χ0) is 9.90. The SMILES string of the molecule is COC(CNC(=O)C1(N)CC1)OC. The van der Waals surface area contributed by atoms with Gasteiger partial charge in [0.1, 0.15) is 0 Å². The molecular weight excluding hydrogens is 172 g/mol. The monoisotopic (exact) mass is 188 g/mol. The molecule has 76 valence electrons. The highest BCUT2D eigenvalue weighted by atomic mass is 16.7. The van der Waals surface area contributed by atoms with E-state index in [1.807, 2.05) is 0 Å². The Morgan fingerprint density at radius 1 is 1.54 bits per heavy atom. The van der Waals surface area contributed by atoms with E-state index in [-0.39, 0.29) is 5.91 Å². The van der Waals surface area contributed by atoms with E-state index in [1.165, 1.54) is 14.2 Å². The van der Waals surface area contributed by atoms with Crippen LogP contribution in [0.15, 0.2) is 0 Å². The number of hydrogen-bond acceptors (Lipinski definition) is 4. The van der Waals surface area contributed by atoms with Crippen LogP contribution in [0.1, 0.15) is 12.8 Å². The summed E-state index contributed by atoms with van der Waals surface area (Å²) < 4.78 is 9.81. The van der Waals surface area contributed by atoms with Gasteiger partial charge < -0.3 is 20.5 Å². The predicted octanol–water partition coefficient (Wildman–Crippen LogP) is -0.787. The molecule has 0 radical (unpaired) electrons. The fourth-order valence-corrected chi connectivity index (χ4v) is 0.977. The van der Waals surface area contributed by atoms with Crippen molar-refractivity contribution in [3.05, 3.63) is 0 Å². The number of amides is 1. The van der Waals surface area contributed by atoms with Gasteiger partial charge in [-0.3, -0.25) is 4.79 Å². The van der Waals surface area contributed by atoms with Gasteiger partial charge in [0.25, 0.3) is 0 Å². The summed E-state index contributed by atoms with van der Waals surface area (Å²) in [5, 5.41) is 2.67. The smallest absolute Gasteiger partial charge is 0.240 e. The lowest BCUT2D eigenvalue weighted by molar-refractivity contribution is -0.129. The minimum Gasteiger partial charge on any atom is -0.354 e. The van der Waals surface area contributed by atoms with Crippen molar-refractivity contribution >= 4 is 5.91 Å². The molecule has 0 spiro atoms. The van der Waals surface area contributed by atoms with E-state index in [2.05, 4.69) is 5.32 Å². The largest absolute Gasteiger partial charge is 0.354 e. The maximum Gasteiger partial charge on any atom is 0.240 e. The Bertz CT molecular complexity index is 188. The van der Waals surface area contributed by atoms with Gasteiger partial charge in [0, 0.05) is 14.2 Å². The normalized spacial score (nSPS) is 18.8. The molecule has 0 bridgehead atoms. The molecule has 0 aromatic heterocycles. The minimum absolute atomic E-state index is 0.119. The molecule has 0 aliphatic heterocycles. The Balaban J connectivity index is 2.21. The molecule has 3 N–H and O–H groups in total. The molecule has 5 nitrogen and oxygen atoms in total. The molecule has 0 heterocycles. The van der Waals surface area contributed by atoms with Gasteiger partial charge in [-0.2, -0.15) is 0 Å². The van der Waals surface area contributed by atoms with Crippen molar-refractivity contribution in [2.75, 3.05) is 20.8 Å². The van der Waals surface area contributed by atoms with Gasteiger partial charge >= 0.3 is 0 Å². The molecule has 0 atom stereocenters. The number of nitrogens with one attached hydrogen (secondary N) is 1. The van der Waals surface area contributed by atoms with Crippen LogP contribution >= 0.6 is 0 Å². The summed E-state index contributed by atoms with van der Waals surface area (Å²) in [4.78, 5) is 11.3. The van der Waals surface area contributed by atoms with Crippen LogP contribution in [0.4, 0.5) is 0 Å². The summed E-state index contributed by atoms with van der Waals surface area (Å²) >= 11 is 0. The molecule has 1 aliphatic carbocycles. The lowest BCUT2D eigenvalue weighted by Gasteiger charge is -2.15. The Kier molecular flexibility index (Phi) is 3.24. The van der Waals surface area contributed by atoms with Crippen LogP contribution in [-0.2, 0) is 14.3 Å². The van der Waals surface area contributed by atoms with Crippen molar-refractivity contribution in [2.24, 2.45) is 5.73 Å². The number of ether oxygens (including phenoxy) is 2. The molecule has 1 aliphatic rings. The van der Waals surface area contributed by atoms with Crippen molar-refractivity contribution in [1.82, 2.24) is 5.32 Å². The number of hydrogen-bond donors (Lipinski definition) is 2. The van der Waals surface area contributed by atoms with Crippen LogP contribution in [0, 0.1) is 0 Å². The molecule has 0 aromatic rings. The highest BCUT2D eigenvalue weighted by Gasteiger charge is 2.45. The van der Waals surface area contributed by atoms with Gasteiger partial charge in [-0.05, 0) is 12.8 Å². The molecule has 1 fully saturated rings. The first kappa shape index (κ1) is 10.4. The highest BCUT2D eigenvalue weighted by molar-refractivity contribution is 5.88. The van der Waals surface area contributed by atoms with E-state index < -0.39 is 11.8 Å². The highest BCUT2D eigenvalue weighted by Crippen LogP contribution is 2.31. The van der Waals surface area contributed by atoms with Gasteiger partial charge in [0.15, 0.2) is 6.29 Å². The second kappa shape index (κ2) is 4.04.